The Morgan fingerprint density at radius 2 is 2.15 bits per heavy atom. The summed E-state index contributed by atoms with van der Waals surface area (Å²) in [7, 11) is 0. The van der Waals surface area contributed by atoms with Crippen LogP contribution in [0.2, 0.25) is 0 Å². The maximum Gasteiger partial charge on any atom is 0.236 e. The minimum Gasteiger partial charge on any atom is -0.342 e. The molecule has 1 aliphatic heterocycles. The molecule has 2 fully saturated rings. The van der Waals surface area contributed by atoms with Gasteiger partial charge < -0.3 is 10.2 Å². The van der Waals surface area contributed by atoms with E-state index in [0.717, 1.165) is 45.3 Å². The highest BCUT2D eigenvalue weighted by molar-refractivity contribution is 5.78. The Balaban J connectivity index is 1.38. The molecule has 6 nitrogen and oxygen atoms in total. The Kier molecular flexibility index (Phi) is 4.30. The summed E-state index contributed by atoms with van der Waals surface area (Å²) in [6.45, 7) is 3.33. The molecule has 1 aromatic rings. The third kappa shape index (κ3) is 3.36. The normalized spacial score (nSPS) is 26.3. The van der Waals surface area contributed by atoms with Gasteiger partial charge in [0.2, 0.25) is 5.91 Å². The number of hydrogen-bond acceptors (Lipinski definition) is 4. The Bertz CT molecular complexity index is 427. The first-order valence-corrected chi connectivity index (χ1v) is 7.65. The highest BCUT2D eigenvalue weighted by Gasteiger charge is 2.26. The molecule has 0 unspecified atom stereocenters. The molecule has 1 amide bonds. The van der Waals surface area contributed by atoms with Crippen molar-refractivity contribution >= 4 is 5.91 Å². The molecule has 2 aliphatic rings. The fourth-order valence-electron chi connectivity index (χ4n) is 3.33. The van der Waals surface area contributed by atoms with Crippen LogP contribution in [0.4, 0.5) is 0 Å². The van der Waals surface area contributed by atoms with Crippen molar-refractivity contribution in [3.63, 3.8) is 0 Å². The Hall–Kier alpha value is -1.43. The predicted molar refractivity (Wildman–Crippen MR) is 75.0 cm³/mol. The maximum absolute atomic E-state index is 12.0. The number of hydrogen-bond donors (Lipinski definition) is 1. The van der Waals surface area contributed by atoms with E-state index in [0.29, 0.717) is 18.5 Å². The quantitative estimate of drug-likeness (QED) is 0.859. The molecule has 0 bridgehead atoms. The van der Waals surface area contributed by atoms with Crippen LogP contribution in [0, 0.1) is 5.92 Å². The zero-order chi connectivity index (χ0) is 13.8. The highest BCUT2D eigenvalue weighted by atomic mass is 16.2. The fourth-order valence-corrected chi connectivity index (χ4v) is 3.33. The minimum atomic E-state index is 0.266. The van der Waals surface area contributed by atoms with Crippen molar-refractivity contribution in [1.82, 2.24) is 25.0 Å². The molecule has 1 saturated carbocycles. The molecule has 1 saturated heterocycles. The van der Waals surface area contributed by atoms with Gasteiger partial charge in [0.1, 0.15) is 12.7 Å². The molecule has 0 radical (unpaired) electrons. The molecular formula is C14H23N5O. The molecule has 110 valence electrons. The summed E-state index contributed by atoms with van der Waals surface area (Å²) in [5.41, 5.74) is 0. The molecule has 1 aromatic heterocycles. The van der Waals surface area contributed by atoms with Crippen LogP contribution in [0.1, 0.15) is 32.1 Å². The van der Waals surface area contributed by atoms with Crippen LogP contribution in [0.3, 0.4) is 0 Å². The first kappa shape index (κ1) is 13.5. The monoisotopic (exact) mass is 277 g/mol. The summed E-state index contributed by atoms with van der Waals surface area (Å²) in [6, 6.07) is 0.482. The van der Waals surface area contributed by atoms with E-state index in [-0.39, 0.29) is 5.91 Å². The summed E-state index contributed by atoms with van der Waals surface area (Å²) in [5, 5.41) is 7.59. The van der Waals surface area contributed by atoms with E-state index in [2.05, 4.69) is 15.4 Å². The standard InChI is InChI=1S/C14H23N5O/c20-14(18-5-1-2-6-18)8-16-13-4-3-12(7-13)9-19-11-15-10-17-19/h10-13,16H,1-9H2/t12-,13+/m1/s1. The van der Waals surface area contributed by atoms with E-state index in [9.17, 15) is 4.79 Å². The number of nitrogens with one attached hydrogen (secondary N) is 1. The van der Waals surface area contributed by atoms with Gasteiger partial charge in [-0.1, -0.05) is 0 Å². The molecule has 0 spiro atoms. The van der Waals surface area contributed by atoms with Gasteiger partial charge in [0.25, 0.3) is 0 Å². The SMILES string of the molecule is O=C(CN[C@H]1CC[C@@H](Cn2cncn2)C1)N1CCCC1. The van der Waals surface area contributed by atoms with Crippen LogP contribution >= 0.6 is 0 Å². The highest BCUT2D eigenvalue weighted by Crippen LogP contribution is 2.26. The average Bonchev–Trinajstić information content (AvgIpc) is 3.19. The van der Waals surface area contributed by atoms with Gasteiger partial charge in [-0.15, -0.1) is 0 Å². The van der Waals surface area contributed by atoms with Gasteiger partial charge in [0, 0.05) is 25.7 Å². The van der Waals surface area contributed by atoms with E-state index in [1.54, 1.807) is 12.7 Å². The van der Waals surface area contributed by atoms with E-state index in [1.807, 2.05) is 9.58 Å². The van der Waals surface area contributed by atoms with Crippen LogP contribution in [0.5, 0.6) is 0 Å². The summed E-state index contributed by atoms with van der Waals surface area (Å²) in [6.07, 6.45) is 9.18. The molecule has 1 aliphatic carbocycles. The Morgan fingerprint density at radius 1 is 1.30 bits per heavy atom. The van der Waals surface area contributed by atoms with Crippen molar-refractivity contribution in [2.45, 2.75) is 44.7 Å². The lowest BCUT2D eigenvalue weighted by molar-refractivity contribution is -0.129. The molecule has 3 rings (SSSR count). The maximum atomic E-state index is 12.0. The summed E-state index contributed by atoms with van der Waals surface area (Å²) >= 11 is 0. The summed E-state index contributed by atoms with van der Waals surface area (Å²) < 4.78 is 1.91. The van der Waals surface area contributed by atoms with Gasteiger partial charge in [-0.05, 0) is 38.0 Å². The number of carbonyl (C=O) groups is 1. The molecule has 2 atom stereocenters. The molecule has 20 heavy (non-hydrogen) atoms. The smallest absolute Gasteiger partial charge is 0.236 e. The molecule has 0 aromatic carbocycles. The zero-order valence-electron chi connectivity index (χ0n) is 11.9. The van der Waals surface area contributed by atoms with Crippen molar-refractivity contribution in [1.29, 1.82) is 0 Å². The number of aromatic nitrogens is 3. The molecule has 2 heterocycles. The van der Waals surface area contributed by atoms with Crippen LogP contribution in [0.25, 0.3) is 0 Å². The van der Waals surface area contributed by atoms with E-state index >= 15 is 0 Å². The van der Waals surface area contributed by atoms with Crippen LogP contribution in [-0.2, 0) is 11.3 Å². The topological polar surface area (TPSA) is 63.1 Å². The lowest BCUT2D eigenvalue weighted by Gasteiger charge is -2.18. The van der Waals surface area contributed by atoms with Gasteiger partial charge in [-0.2, -0.15) is 5.10 Å². The Morgan fingerprint density at radius 3 is 2.90 bits per heavy atom. The Labute approximate surface area is 119 Å². The second-order valence-corrected chi connectivity index (χ2v) is 5.96. The average molecular weight is 277 g/mol. The molecule has 1 N–H and O–H groups in total. The fraction of sp³-hybridized carbons (Fsp3) is 0.786. The van der Waals surface area contributed by atoms with E-state index in [1.165, 1.54) is 6.42 Å². The second kappa shape index (κ2) is 6.35. The predicted octanol–water partition coefficient (Wildman–Crippen LogP) is 0.659. The lowest BCUT2D eigenvalue weighted by Crippen LogP contribution is -2.39. The third-order valence-corrected chi connectivity index (χ3v) is 4.45. The van der Waals surface area contributed by atoms with Crippen LogP contribution in [-0.4, -0.2) is 51.2 Å². The van der Waals surface area contributed by atoms with E-state index < -0.39 is 0 Å². The van der Waals surface area contributed by atoms with E-state index in [4.69, 9.17) is 0 Å². The van der Waals surface area contributed by atoms with Crippen molar-refractivity contribution in [3.05, 3.63) is 12.7 Å². The van der Waals surface area contributed by atoms with Gasteiger partial charge in [0.05, 0.1) is 6.54 Å². The number of rotatable bonds is 5. The van der Waals surface area contributed by atoms with Crippen molar-refractivity contribution in [2.75, 3.05) is 19.6 Å². The number of nitrogens with zero attached hydrogens (tertiary/aromatic N) is 4. The van der Waals surface area contributed by atoms with Crippen LogP contribution < -0.4 is 5.32 Å². The van der Waals surface area contributed by atoms with Crippen molar-refractivity contribution < 1.29 is 4.79 Å². The second-order valence-electron chi connectivity index (χ2n) is 5.96. The van der Waals surface area contributed by atoms with Gasteiger partial charge in [-0.3, -0.25) is 9.48 Å². The number of likely N-dealkylation sites (tertiary alicyclic amines) is 1. The minimum absolute atomic E-state index is 0.266. The van der Waals surface area contributed by atoms with Gasteiger partial charge in [0.15, 0.2) is 0 Å². The largest absolute Gasteiger partial charge is 0.342 e. The molecule has 6 heteroatoms. The zero-order valence-corrected chi connectivity index (χ0v) is 11.9. The van der Waals surface area contributed by atoms with Crippen molar-refractivity contribution in [3.8, 4) is 0 Å². The van der Waals surface area contributed by atoms with Gasteiger partial charge in [-0.25, -0.2) is 4.98 Å². The summed E-state index contributed by atoms with van der Waals surface area (Å²) in [5.74, 6) is 0.915. The van der Waals surface area contributed by atoms with Gasteiger partial charge >= 0.3 is 0 Å². The van der Waals surface area contributed by atoms with Crippen molar-refractivity contribution in [2.24, 2.45) is 5.92 Å². The first-order valence-electron chi connectivity index (χ1n) is 7.65. The number of carbonyl (C=O) groups excluding carboxylic acids is 1. The molecular weight excluding hydrogens is 254 g/mol. The van der Waals surface area contributed by atoms with Crippen LogP contribution in [0.15, 0.2) is 12.7 Å². The first-order chi connectivity index (χ1) is 9.81. The summed E-state index contributed by atoms with van der Waals surface area (Å²) in [4.78, 5) is 17.9. The number of amides is 1. The lowest BCUT2D eigenvalue weighted by atomic mass is 10.1. The third-order valence-electron chi connectivity index (χ3n) is 4.45.